The van der Waals surface area contributed by atoms with E-state index in [0.29, 0.717) is 44.6 Å². The maximum absolute atomic E-state index is 13.5. The molecule has 0 saturated carbocycles. The number of pyridine rings is 2. The minimum absolute atomic E-state index is 0.0226. The van der Waals surface area contributed by atoms with Crippen LogP contribution in [0.5, 0.6) is 5.75 Å². The number of aromatic nitrogens is 5. The number of phenolic OH excluding ortho intramolecular Hbond substituents is 1. The molecule has 8 aromatic rings. The van der Waals surface area contributed by atoms with E-state index in [9.17, 15) is 14.7 Å². The van der Waals surface area contributed by atoms with Crippen LogP contribution in [0.25, 0.3) is 54.6 Å². The molecule has 0 aliphatic rings. The third-order valence-electron chi connectivity index (χ3n) is 8.70. The van der Waals surface area contributed by atoms with Gasteiger partial charge < -0.3 is 20.6 Å². The predicted octanol–water partition coefficient (Wildman–Crippen LogP) is 4.53. The molecule has 0 saturated heterocycles. The summed E-state index contributed by atoms with van der Waals surface area (Å²) in [5.74, 6) is 0.0352. The fourth-order valence-electron chi connectivity index (χ4n) is 6.52. The van der Waals surface area contributed by atoms with Gasteiger partial charge in [0.05, 0.1) is 38.2 Å². The first-order chi connectivity index (χ1) is 22.0. The molecule has 4 aromatic heterocycles. The standard InChI is InChI=1S/C34H30N8O3/c1-40(16-4-14-35-23-9-11-25-31-29(23)33(44)21-6-2-3-7-27(21)41(31)19-37-25)17-5-15-36-24-10-12-26-32-30(24)34(45)22-18-20(43)8-13-28(22)42(32)39-38-26/h2-3,6-13,18-19,35-36,43H,4-5,14-17H2,1H3. The van der Waals surface area contributed by atoms with Crippen molar-refractivity contribution in [1.29, 1.82) is 0 Å². The van der Waals surface area contributed by atoms with E-state index < -0.39 is 0 Å². The predicted molar refractivity (Wildman–Crippen MR) is 178 cm³/mol. The van der Waals surface area contributed by atoms with Crippen LogP contribution in [0, 0.1) is 0 Å². The van der Waals surface area contributed by atoms with Gasteiger partial charge >= 0.3 is 0 Å². The van der Waals surface area contributed by atoms with E-state index in [1.165, 1.54) is 6.07 Å². The largest absolute Gasteiger partial charge is 0.508 e. The van der Waals surface area contributed by atoms with Crippen LogP contribution in [0.2, 0.25) is 0 Å². The molecule has 0 unspecified atom stereocenters. The Morgan fingerprint density at radius 3 is 2.24 bits per heavy atom. The molecule has 3 N–H and O–H groups in total. The summed E-state index contributed by atoms with van der Waals surface area (Å²) < 4.78 is 3.68. The number of aromatic hydroxyl groups is 1. The van der Waals surface area contributed by atoms with Gasteiger partial charge in [-0.15, -0.1) is 5.10 Å². The van der Waals surface area contributed by atoms with E-state index >= 15 is 0 Å². The number of fused-ring (bicyclic) bond motifs is 4. The number of benzene rings is 4. The van der Waals surface area contributed by atoms with Crippen molar-refractivity contribution in [2.75, 3.05) is 43.9 Å². The number of nitrogens with one attached hydrogen (secondary N) is 2. The summed E-state index contributed by atoms with van der Waals surface area (Å²) in [6, 6.07) is 20.0. The lowest BCUT2D eigenvalue weighted by molar-refractivity contribution is 0.331. The first-order valence-electron chi connectivity index (χ1n) is 15.1. The average molecular weight is 599 g/mol. The van der Waals surface area contributed by atoms with Crippen LogP contribution in [-0.4, -0.2) is 67.4 Å². The molecule has 45 heavy (non-hydrogen) atoms. The molecule has 0 aliphatic carbocycles. The molecule has 8 rings (SSSR count). The van der Waals surface area contributed by atoms with Crippen LogP contribution in [0.3, 0.4) is 0 Å². The number of imidazole rings is 1. The number of hydrogen-bond donors (Lipinski definition) is 3. The van der Waals surface area contributed by atoms with Crippen molar-refractivity contribution in [2.24, 2.45) is 0 Å². The number of hydrogen-bond acceptors (Lipinski definition) is 9. The molecule has 0 fully saturated rings. The van der Waals surface area contributed by atoms with Gasteiger partial charge in [-0.1, -0.05) is 17.3 Å². The Labute approximate surface area is 256 Å². The van der Waals surface area contributed by atoms with Crippen molar-refractivity contribution in [3.05, 3.63) is 93.5 Å². The van der Waals surface area contributed by atoms with Crippen LogP contribution in [0.1, 0.15) is 12.8 Å². The van der Waals surface area contributed by atoms with E-state index in [-0.39, 0.29) is 16.6 Å². The summed E-state index contributed by atoms with van der Waals surface area (Å²) in [5, 5.41) is 27.7. The van der Waals surface area contributed by atoms with Crippen LogP contribution in [0.15, 0.2) is 82.6 Å². The summed E-state index contributed by atoms with van der Waals surface area (Å²) in [6.45, 7) is 3.18. The normalized spacial score (nSPS) is 12.2. The zero-order valence-corrected chi connectivity index (χ0v) is 24.6. The fraction of sp³-hybridized carbons (Fsp3) is 0.206. The van der Waals surface area contributed by atoms with Crippen molar-refractivity contribution in [2.45, 2.75) is 12.8 Å². The summed E-state index contributed by atoms with van der Waals surface area (Å²) in [4.78, 5) is 33.8. The molecule has 0 bridgehead atoms. The highest BCUT2D eigenvalue weighted by Crippen LogP contribution is 2.30. The summed E-state index contributed by atoms with van der Waals surface area (Å²) >= 11 is 0. The molecular weight excluding hydrogens is 568 g/mol. The maximum Gasteiger partial charge on any atom is 0.199 e. The number of anilines is 2. The topological polar surface area (TPSA) is 129 Å². The van der Waals surface area contributed by atoms with Crippen LogP contribution in [-0.2, 0) is 0 Å². The first kappa shape index (κ1) is 27.0. The minimum atomic E-state index is -0.155. The number of phenols is 1. The summed E-state index contributed by atoms with van der Waals surface area (Å²) in [5.41, 5.74) is 5.91. The highest BCUT2D eigenvalue weighted by molar-refractivity contribution is 6.08. The molecule has 11 nitrogen and oxygen atoms in total. The zero-order valence-electron chi connectivity index (χ0n) is 24.6. The summed E-state index contributed by atoms with van der Waals surface area (Å²) in [7, 11) is 2.10. The third kappa shape index (κ3) is 4.34. The van der Waals surface area contributed by atoms with Gasteiger partial charge in [0, 0.05) is 29.9 Å². The first-order valence-corrected chi connectivity index (χ1v) is 15.1. The highest BCUT2D eigenvalue weighted by Gasteiger charge is 2.18. The Bertz CT molecular complexity index is 2490. The molecule has 4 heterocycles. The molecule has 224 valence electrons. The van der Waals surface area contributed by atoms with Crippen LogP contribution < -0.4 is 21.5 Å². The van der Waals surface area contributed by atoms with Gasteiger partial charge in [0.25, 0.3) is 0 Å². The van der Waals surface area contributed by atoms with E-state index in [4.69, 9.17) is 0 Å². The Morgan fingerprint density at radius 1 is 0.778 bits per heavy atom. The lowest BCUT2D eigenvalue weighted by Gasteiger charge is -2.18. The van der Waals surface area contributed by atoms with Gasteiger partial charge in [0.1, 0.15) is 23.1 Å². The molecule has 11 heteroatoms. The molecule has 4 aromatic carbocycles. The Kier molecular flexibility index (Phi) is 6.35. The molecule has 0 aliphatic heterocycles. The molecular formula is C34H30N8O3. The van der Waals surface area contributed by atoms with Gasteiger partial charge in [-0.05, 0) is 87.6 Å². The maximum atomic E-state index is 13.5. The highest BCUT2D eigenvalue weighted by atomic mass is 16.3. The van der Waals surface area contributed by atoms with Crippen molar-refractivity contribution >= 4 is 66.0 Å². The monoisotopic (exact) mass is 598 g/mol. The van der Waals surface area contributed by atoms with Crippen molar-refractivity contribution in [1.82, 2.24) is 29.1 Å². The van der Waals surface area contributed by atoms with Gasteiger partial charge in [-0.25, -0.2) is 9.50 Å². The Balaban J connectivity index is 0.903. The lowest BCUT2D eigenvalue weighted by Crippen LogP contribution is -2.24. The Morgan fingerprint density at radius 2 is 1.47 bits per heavy atom. The SMILES string of the molecule is CN(CCCNc1ccc2ncn3c4ccccc4c(=O)c1c23)CCCNc1ccc2nnn3c4ccc(O)cc4c(=O)c1c23. The lowest BCUT2D eigenvalue weighted by atomic mass is 10.1. The van der Waals surface area contributed by atoms with Crippen molar-refractivity contribution in [3.63, 3.8) is 0 Å². The van der Waals surface area contributed by atoms with E-state index in [0.717, 1.165) is 60.4 Å². The second-order valence-electron chi connectivity index (χ2n) is 11.6. The average Bonchev–Trinajstić information content (AvgIpc) is 3.69. The molecule has 0 atom stereocenters. The quantitative estimate of drug-likeness (QED) is 0.154. The zero-order chi connectivity index (χ0) is 30.7. The minimum Gasteiger partial charge on any atom is -0.508 e. The fourth-order valence-corrected chi connectivity index (χ4v) is 6.52. The number of rotatable bonds is 10. The Hall–Kier alpha value is -5.55. The van der Waals surface area contributed by atoms with E-state index in [1.54, 1.807) is 23.0 Å². The van der Waals surface area contributed by atoms with E-state index in [1.807, 2.05) is 52.9 Å². The van der Waals surface area contributed by atoms with Gasteiger partial charge in [-0.3, -0.25) is 14.0 Å². The second kappa shape index (κ2) is 10.6. The molecule has 0 amide bonds. The van der Waals surface area contributed by atoms with Crippen LogP contribution >= 0.6 is 0 Å². The van der Waals surface area contributed by atoms with Gasteiger partial charge in [-0.2, -0.15) is 0 Å². The van der Waals surface area contributed by atoms with Crippen molar-refractivity contribution < 1.29 is 5.11 Å². The van der Waals surface area contributed by atoms with Gasteiger partial charge in [0.2, 0.25) is 0 Å². The van der Waals surface area contributed by atoms with E-state index in [2.05, 4.69) is 37.9 Å². The molecule has 0 spiro atoms. The second-order valence-corrected chi connectivity index (χ2v) is 11.6. The third-order valence-corrected chi connectivity index (χ3v) is 8.70. The molecule has 0 radical (unpaired) electrons. The van der Waals surface area contributed by atoms with Gasteiger partial charge in [0.15, 0.2) is 10.9 Å². The number of para-hydroxylation sites is 1. The van der Waals surface area contributed by atoms with Crippen molar-refractivity contribution in [3.8, 4) is 5.75 Å². The smallest absolute Gasteiger partial charge is 0.199 e. The number of nitrogens with zero attached hydrogens (tertiary/aromatic N) is 6. The summed E-state index contributed by atoms with van der Waals surface area (Å²) in [6.07, 6.45) is 3.57. The van der Waals surface area contributed by atoms with Crippen LogP contribution in [0.4, 0.5) is 11.4 Å².